The van der Waals surface area contributed by atoms with Gasteiger partial charge in [-0.3, -0.25) is 9.59 Å². The predicted octanol–water partition coefficient (Wildman–Crippen LogP) is 3.88. The number of carbonyl (C=O) groups excluding carboxylic acids is 1. The molecule has 1 aromatic heterocycles. The van der Waals surface area contributed by atoms with E-state index in [9.17, 15) is 9.59 Å². The van der Waals surface area contributed by atoms with Crippen molar-refractivity contribution in [3.63, 3.8) is 0 Å². The number of carboxylic acids is 1. The van der Waals surface area contributed by atoms with E-state index in [1.807, 2.05) is 36.4 Å². The Kier molecular flexibility index (Phi) is 3.24. The Morgan fingerprint density at radius 1 is 1.10 bits per heavy atom. The van der Waals surface area contributed by atoms with E-state index in [2.05, 4.69) is 0 Å². The summed E-state index contributed by atoms with van der Waals surface area (Å²) >= 11 is 1.68. The normalized spacial score (nSPS) is 11.0. The highest BCUT2D eigenvalue weighted by atomic mass is 32.1. The molecule has 0 saturated heterocycles. The molecular formula is C16H12O3S. The van der Waals surface area contributed by atoms with Crippen LogP contribution in [0.3, 0.4) is 0 Å². The van der Waals surface area contributed by atoms with Gasteiger partial charge in [0.1, 0.15) is 6.29 Å². The molecular weight excluding hydrogens is 272 g/mol. The van der Waals surface area contributed by atoms with Gasteiger partial charge in [0.15, 0.2) is 0 Å². The largest absolute Gasteiger partial charge is 0.481 e. The number of benzene rings is 2. The molecule has 3 nitrogen and oxygen atoms in total. The van der Waals surface area contributed by atoms with Gasteiger partial charge in [0.25, 0.3) is 0 Å². The Morgan fingerprint density at radius 3 is 2.50 bits per heavy atom. The third-order valence-electron chi connectivity index (χ3n) is 3.32. The summed E-state index contributed by atoms with van der Waals surface area (Å²) in [5, 5.41) is 10.9. The molecule has 1 heterocycles. The molecule has 0 aliphatic heterocycles. The molecule has 0 fully saturated rings. The third-order valence-corrected chi connectivity index (χ3v) is 4.47. The zero-order chi connectivity index (χ0) is 14.1. The zero-order valence-electron chi connectivity index (χ0n) is 10.6. The van der Waals surface area contributed by atoms with E-state index in [0.29, 0.717) is 12.0 Å². The lowest BCUT2D eigenvalue weighted by molar-refractivity contribution is -0.136. The maximum absolute atomic E-state index is 10.9. The van der Waals surface area contributed by atoms with Crippen molar-refractivity contribution in [3.8, 4) is 0 Å². The first kappa shape index (κ1) is 12.8. The van der Waals surface area contributed by atoms with Crippen LogP contribution in [0, 0.1) is 0 Å². The fourth-order valence-corrected chi connectivity index (χ4v) is 3.39. The number of aliphatic carboxylic acids is 1. The molecule has 0 radical (unpaired) electrons. The Hall–Kier alpha value is -2.20. The molecule has 20 heavy (non-hydrogen) atoms. The highest BCUT2D eigenvalue weighted by Gasteiger charge is 2.07. The smallest absolute Gasteiger partial charge is 0.303 e. The van der Waals surface area contributed by atoms with E-state index in [0.717, 1.165) is 32.0 Å². The second-order valence-corrected chi connectivity index (χ2v) is 5.78. The first-order valence-corrected chi connectivity index (χ1v) is 7.11. The second kappa shape index (κ2) is 5.06. The number of aryl methyl sites for hydroxylation is 1. The molecule has 1 N–H and O–H groups in total. The standard InChI is InChI=1S/C16H12O3S/c17-9-11-2-5-15-13(8-11)12-7-10(3-6-16(18)19)1-4-14(12)20-15/h1-2,4-5,7-9H,3,6H2,(H,18,19). The van der Waals surface area contributed by atoms with Crippen LogP contribution in [-0.4, -0.2) is 17.4 Å². The molecule has 0 aliphatic carbocycles. The van der Waals surface area contributed by atoms with Gasteiger partial charge in [-0.1, -0.05) is 12.1 Å². The number of carboxylic acid groups (broad SMARTS) is 1. The average molecular weight is 284 g/mol. The van der Waals surface area contributed by atoms with Gasteiger partial charge < -0.3 is 5.11 Å². The summed E-state index contributed by atoms with van der Waals surface area (Å²) in [5.41, 5.74) is 1.67. The molecule has 4 heteroatoms. The summed E-state index contributed by atoms with van der Waals surface area (Å²) in [6.07, 6.45) is 1.50. The second-order valence-electron chi connectivity index (χ2n) is 4.70. The summed E-state index contributed by atoms with van der Waals surface area (Å²) in [5.74, 6) is -0.788. The zero-order valence-corrected chi connectivity index (χ0v) is 11.4. The van der Waals surface area contributed by atoms with Crippen molar-refractivity contribution in [1.82, 2.24) is 0 Å². The summed E-state index contributed by atoms with van der Waals surface area (Å²) in [7, 11) is 0. The van der Waals surface area contributed by atoms with Crippen molar-refractivity contribution < 1.29 is 14.7 Å². The van der Waals surface area contributed by atoms with Gasteiger partial charge in [0.05, 0.1) is 0 Å². The van der Waals surface area contributed by atoms with E-state index in [4.69, 9.17) is 5.11 Å². The van der Waals surface area contributed by atoms with E-state index in [1.54, 1.807) is 11.3 Å². The fourth-order valence-electron chi connectivity index (χ4n) is 2.32. The number of thiophene rings is 1. The molecule has 3 aromatic rings. The number of rotatable bonds is 4. The minimum atomic E-state index is -0.788. The van der Waals surface area contributed by atoms with Crippen LogP contribution in [0.15, 0.2) is 36.4 Å². The topological polar surface area (TPSA) is 54.4 Å². The van der Waals surface area contributed by atoms with Crippen molar-refractivity contribution in [2.45, 2.75) is 12.8 Å². The van der Waals surface area contributed by atoms with Crippen molar-refractivity contribution in [3.05, 3.63) is 47.5 Å². The summed E-state index contributed by atoms with van der Waals surface area (Å²) < 4.78 is 2.29. The fraction of sp³-hybridized carbons (Fsp3) is 0.125. The molecule has 100 valence electrons. The molecule has 0 amide bonds. The van der Waals surface area contributed by atoms with E-state index in [1.165, 1.54) is 0 Å². The Balaban J connectivity index is 2.13. The SMILES string of the molecule is O=Cc1ccc2sc3ccc(CCC(=O)O)cc3c2c1. The molecule has 0 spiro atoms. The minimum Gasteiger partial charge on any atom is -0.481 e. The molecule has 0 saturated carbocycles. The quantitative estimate of drug-likeness (QED) is 0.740. The maximum Gasteiger partial charge on any atom is 0.303 e. The van der Waals surface area contributed by atoms with Crippen LogP contribution in [0.25, 0.3) is 20.2 Å². The van der Waals surface area contributed by atoms with Crippen LogP contribution in [0.2, 0.25) is 0 Å². The van der Waals surface area contributed by atoms with Crippen LogP contribution in [-0.2, 0) is 11.2 Å². The van der Waals surface area contributed by atoms with Gasteiger partial charge in [-0.05, 0) is 36.2 Å². The molecule has 2 aromatic carbocycles. The van der Waals surface area contributed by atoms with Gasteiger partial charge in [0, 0.05) is 32.2 Å². The van der Waals surface area contributed by atoms with Gasteiger partial charge in [-0.2, -0.15) is 0 Å². The highest BCUT2D eigenvalue weighted by Crippen LogP contribution is 2.34. The lowest BCUT2D eigenvalue weighted by Gasteiger charge is -1.99. The number of hydrogen-bond acceptors (Lipinski definition) is 3. The molecule has 3 rings (SSSR count). The van der Waals surface area contributed by atoms with Gasteiger partial charge in [-0.15, -0.1) is 11.3 Å². The van der Waals surface area contributed by atoms with Gasteiger partial charge >= 0.3 is 5.97 Å². The van der Waals surface area contributed by atoms with Crippen molar-refractivity contribution >= 4 is 43.8 Å². The van der Waals surface area contributed by atoms with Crippen molar-refractivity contribution in [2.24, 2.45) is 0 Å². The van der Waals surface area contributed by atoms with Crippen LogP contribution in [0.1, 0.15) is 22.3 Å². The van der Waals surface area contributed by atoms with E-state index >= 15 is 0 Å². The van der Waals surface area contributed by atoms with Gasteiger partial charge in [-0.25, -0.2) is 0 Å². The average Bonchev–Trinajstić information content (AvgIpc) is 2.82. The molecule has 0 bridgehead atoms. The van der Waals surface area contributed by atoms with Crippen LogP contribution in [0.4, 0.5) is 0 Å². The third kappa shape index (κ3) is 2.30. The first-order chi connectivity index (χ1) is 9.67. The number of fused-ring (bicyclic) bond motifs is 3. The monoisotopic (exact) mass is 284 g/mol. The van der Waals surface area contributed by atoms with Crippen molar-refractivity contribution in [1.29, 1.82) is 0 Å². The van der Waals surface area contributed by atoms with Gasteiger partial charge in [0.2, 0.25) is 0 Å². The van der Waals surface area contributed by atoms with Crippen LogP contribution >= 0.6 is 11.3 Å². The Bertz CT molecular complexity index is 817. The highest BCUT2D eigenvalue weighted by molar-refractivity contribution is 7.25. The Morgan fingerprint density at radius 2 is 1.80 bits per heavy atom. The minimum absolute atomic E-state index is 0.132. The Labute approximate surface area is 119 Å². The first-order valence-electron chi connectivity index (χ1n) is 6.29. The van der Waals surface area contributed by atoms with E-state index in [-0.39, 0.29) is 6.42 Å². The number of aldehydes is 1. The molecule has 0 atom stereocenters. The maximum atomic E-state index is 10.9. The lowest BCUT2D eigenvalue weighted by Crippen LogP contribution is -1.96. The van der Waals surface area contributed by atoms with Crippen molar-refractivity contribution in [2.75, 3.05) is 0 Å². The summed E-state index contributed by atoms with van der Waals surface area (Å²) in [6, 6.07) is 11.7. The summed E-state index contributed by atoms with van der Waals surface area (Å²) in [4.78, 5) is 21.5. The van der Waals surface area contributed by atoms with Crippen LogP contribution < -0.4 is 0 Å². The molecule has 0 unspecified atom stereocenters. The lowest BCUT2D eigenvalue weighted by atomic mass is 10.0. The van der Waals surface area contributed by atoms with E-state index < -0.39 is 5.97 Å². The molecule has 0 aliphatic rings. The van der Waals surface area contributed by atoms with Crippen LogP contribution in [0.5, 0.6) is 0 Å². The number of hydrogen-bond donors (Lipinski definition) is 1. The summed E-state index contributed by atoms with van der Waals surface area (Å²) in [6.45, 7) is 0. The number of carbonyl (C=O) groups is 2. The predicted molar refractivity (Wildman–Crippen MR) is 80.7 cm³/mol.